The van der Waals surface area contributed by atoms with Crippen LogP contribution in [0.3, 0.4) is 0 Å². The van der Waals surface area contributed by atoms with Gasteiger partial charge in [-0.05, 0) is 18.4 Å². The SMILES string of the molecule is CSc1ccc(C(=O)CCN2CCOCC2)cc1. The summed E-state index contributed by atoms with van der Waals surface area (Å²) in [5, 5.41) is 0. The zero-order chi connectivity index (χ0) is 12.8. The average molecular weight is 265 g/mol. The van der Waals surface area contributed by atoms with E-state index in [2.05, 4.69) is 4.90 Å². The normalized spacial score (nSPS) is 16.7. The van der Waals surface area contributed by atoms with Crippen molar-refractivity contribution in [1.82, 2.24) is 4.90 Å². The summed E-state index contributed by atoms with van der Waals surface area (Å²) in [7, 11) is 0. The van der Waals surface area contributed by atoms with E-state index in [-0.39, 0.29) is 5.78 Å². The maximum absolute atomic E-state index is 12.0. The quantitative estimate of drug-likeness (QED) is 0.603. The van der Waals surface area contributed by atoms with Gasteiger partial charge in [-0.2, -0.15) is 0 Å². The van der Waals surface area contributed by atoms with Gasteiger partial charge < -0.3 is 4.74 Å². The topological polar surface area (TPSA) is 29.5 Å². The van der Waals surface area contributed by atoms with Gasteiger partial charge in [0, 0.05) is 36.5 Å². The molecular formula is C14H19NO2S. The van der Waals surface area contributed by atoms with E-state index in [1.54, 1.807) is 11.8 Å². The fourth-order valence-electron chi connectivity index (χ4n) is 2.01. The molecule has 0 N–H and O–H groups in total. The molecule has 18 heavy (non-hydrogen) atoms. The first kappa shape index (κ1) is 13.6. The minimum absolute atomic E-state index is 0.231. The lowest BCUT2D eigenvalue weighted by atomic mass is 10.1. The summed E-state index contributed by atoms with van der Waals surface area (Å²) < 4.78 is 5.29. The van der Waals surface area contributed by atoms with Gasteiger partial charge in [0.2, 0.25) is 0 Å². The van der Waals surface area contributed by atoms with Gasteiger partial charge in [0.25, 0.3) is 0 Å². The minimum Gasteiger partial charge on any atom is -0.379 e. The highest BCUT2D eigenvalue weighted by molar-refractivity contribution is 7.98. The highest BCUT2D eigenvalue weighted by Gasteiger charge is 2.12. The molecule has 0 bridgehead atoms. The fraction of sp³-hybridized carbons (Fsp3) is 0.500. The Morgan fingerprint density at radius 3 is 2.56 bits per heavy atom. The standard InChI is InChI=1S/C14H19NO2S/c1-18-13-4-2-12(3-5-13)14(16)6-7-15-8-10-17-11-9-15/h2-5H,6-11H2,1H3. The van der Waals surface area contributed by atoms with Crippen LogP contribution in [0, 0.1) is 0 Å². The van der Waals surface area contributed by atoms with Gasteiger partial charge in [-0.3, -0.25) is 9.69 Å². The summed E-state index contributed by atoms with van der Waals surface area (Å²) in [6, 6.07) is 7.86. The molecule has 98 valence electrons. The van der Waals surface area contributed by atoms with E-state index in [1.165, 1.54) is 4.90 Å². The smallest absolute Gasteiger partial charge is 0.164 e. The predicted octanol–water partition coefficient (Wildman–Crippen LogP) is 2.31. The Labute approximate surface area is 113 Å². The van der Waals surface area contributed by atoms with Crippen LogP contribution >= 0.6 is 11.8 Å². The summed E-state index contributed by atoms with van der Waals surface area (Å²) in [5.41, 5.74) is 0.820. The van der Waals surface area contributed by atoms with E-state index < -0.39 is 0 Å². The van der Waals surface area contributed by atoms with Crippen molar-refractivity contribution in [3.05, 3.63) is 29.8 Å². The number of rotatable bonds is 5. The molecule has 1 aromatic rings. The number of nitrogens with zero attached hydrogens (tertiary/aromatic N) is 1. The highest BCUT2D eigenvalue weighted by Crippen LogP contribution is 2.15. The van der Waals surface area contributed by atoms with Crippen molar-refractivity contribution in [2.75, 3.05) is 39.1 Å². The Morgan fingerprint density at radius 2 is 1.94 bits per heavy atom. The first-order chi connectivity index (χ1) is 8.79. The number of morpholine rings is 1. The van der Waals surface area contributed by atoms with Gasteiger partial charge in [0.1, 0.15) is 0 Å². The average Bonchev–Trinajstić information content (AvgIpc) is 2.46. The Morgan fingerprint density at radius 1 is 1.28 bits per heavy atom. The number of carbonyl (C=O) groups excluding carboxylic acids is 1. The van der Waals surface area contributed by atoms with Crippen molar-refractivity contribution in [3.63, 3.8) is 0 Å². The molecule has 0 saturated carbocycles. The predicted molar refractivity (Wildman–Crippen MR) is 74.4 cm³/mol. The third-order valence-electron chi connectivity index (χ3n) is 3.17. The number of ketones is 1. The Hall–Kier alpha value is -0.840. The lowest BCUT2D eigenvalue weighted by Crippen LogP contribution is -2.37. The number of Topliss-reactive ketones (excluding diaryl/α,β-unsaturated/α-hetero) is 1. The number of ether oxygens (including phenoxy) is 1. The van der Waals surface area contributed by atoms with Gasteiger partial charge in [-0.15, -0.1) is 11.8 Å². The maximum Gasteiger partial charge on any atom is 0.164 e. The Kier molecular flexibility index (Phi) is 5.23. The van der Waals surface area contributed by atoms with Crippen LogP contribution in [0.2, 0.25) is 0 Å². The van der Waals surface area contributed by atoms with Crippen molar-refractivity contribution in [1.29, 1.82) is 0 Å². The molecule has 1 aliphatic rings. The first-order valence-corrected chi connectivity index (χ1v) is 7.49. The van der Waals surface area contributed by atoms with Gasteiger partial charge >= 0.3 is 0 Å². The van der Waals surface area contributed by atoms with Crippen molar-refractivity contribution in [2.24, 2.45) is 0 Å². The Bertz CT molecular complexity index is 385. The molecule has 1 heterocycles. The second kappa shape index (κ2) is 6.92. The lowest BCUT2D eigenvalue weighted by Gasteiger charge is -2.26. The summed E-state index contributed by atoms with van der Waals surface area (Å²) >= 11 is 1.69. The summed E-state index contributed by atoms with van der Waals surface area (Å²) in [6.45, 7) is 4.30. The monoisotopic (exact) mass is 265 g/mol. The summed E-state index contributed by atoms with van der Waals surface area (Å²) in [6.07, 6.45) is 2.63. The number of carbonyl (C=O) groups is 1. The molecular weight excluding hydrogens is 246 g/mol. The van der Waals surface area contributed by atoms with E-state index in [9.17, 15) is 4.79 Å². The second-order valence-corrected chi connectivity index (χ2v) is 5.24. The molecule has 1 aliphatic heterocycles. The van der Waals surface area contributed by atoms with Crippen LogP contribution in [0.5, 0.6) is 0 Å². The van der Waals surface area contributed by atoms with Crippen LogP contribution < -0.4 is 0 Å². The zero-order valence-electron chi connectivity index (χ0n) is 10.7. The molecule has 4 heteroatoms. The molecule has 0 unspecified atom stereocenters. The molecule has 1 saturated heterocycles. The number of benzene rings is 1. The Balaban J connectivity index is 1.82. The van der Waals surface area contributed by atoms with E-state index in [1.807, 2.05) is 30.5 Å². The van der Waals surface area contributed by atoms with Gasteiger partial charge in [0.05, 0.1) is 13.2 Å². The van der Waals surface area contributed by atoms with E-state index >= 15 is 0 Å². The van der Waals surface area contributed by atoms with Crippen LogP contribution in [0.1, 0.15) is 16.8 Å². The zero-order valence-corrected chi connectivity index (χ0v) is 11.5. The molecule has 2 rings (SSSR count). The molecule has 0 aromatic heterocycles. The van der Waals surface area contributed by atoms with Gasteiger partial charge in [-0.25, -0.2) is 0 Å². The number of hydrogen-bond donors (Lipinski definition) is 0. The van der Waals surface area contributed by atoms with E-state index in [0.29, 0.717) is 6.42 Å². The maximum atomic E-state index is 12.0. The van der Waals surface area contributed by atoms with Gasteiger partial charge in [0.15, 0.2) is 5.78 Å². The molecule has 0 radical (unpaired) electrons. The van der Waals surface area contributed by atoms with E-state index in [0.717, 1.165) is 38.4 Å². The van der Waals surface area contributed by atoms with Crippen LogP contribution in [-0.2, 0) is 4.74 Å². The molecule has 0 amide bonds. The number of hydrogen-bond acceptors (Lipinski definition) is 4. The van der Waals surface area contributed by atoms with Crippen LogP contribution in [-0.4, -0.2) is 49.8 Å². The first-order valence-electron chi connectivity index (χ1n) is 6.27. The summed E-state index contributed by atoms with van der Waals surface area (Å²) in [5.74, 6) is 0.231. The molecule has 0 aliphatic carbocycles. The lowest BCUT2D eigenvalue weighted by molar-refractivity contribution is 0.0370. The molecule has 3 nitrogen and oxygen atoms in total. The minimum atomic E-state index is 0.231. The largest absolute Gasteiger partial charge is 0.379 e. The van der Waals surface area contributed by atoms with Crippen molar-refractivity contribution in [3.8, 4) is 0 Å². The van der Waals surface area contributed by atoms with Crippen LogP contribution in [0.15, 0.2) is 29.2 Å². The highest BCUT2D eigenvalue weighted by atomic mass is 32.2. The molecule has 0 atom stereocenters. The van der Waals surface area contributed by atoms with Crippen molar-refractivity contribution >= 4 is 17.5 Å². The third kappa shape index (κ3) is 3.83. The van der Waals surface area contributed by atoms with Crippen LogP contribution in [0.4, 0.5) is 0 Å². The second-order valence-electron chi connectivity index (χ2n) is 4.36. The third-order valence-corrected chi connectivity index (χ3v) is 3.91. The van der Waals surface area contributed by atoms with E-state index in [4.69, 9.17) is 4.74 Å². The van der Waals surface area contributed by atoms with Gasteiger partial charge in [-0.1, -0.05) is 12.1 Å². The van der Waals surface area contributed by atoms with Crippen molar-refractivity contribution in [2.45, 2.75) is 11.3 Å². The number of thioether (sulfide) groups is 1. The molecule has 0 spiro atoms. The fourth-order valence-corrected chi connectivity index (χ4v) is 2.41. The van der Waals surface area contributed by atoms with Crippen LogP contribution in [0.25, 0.3) is 0 Å². The summed E-state index contributed by atoms with van der Waals surface area (Å²) in [4.78, 5) is 15.5. The molecule has 1 aromatic carbocycles. The van der Waals surface area contributed by atoms with Crippen molar-refractivity contribution < 1.29 is 9.53 Å². The molecule has 1 fully saturated rings.